The quantitative estimate of drug-likeness (QED) is 0.204. The van der Waals surface area contributed by atoms with Gasteiger partial charge in [0.1, 0.15) is 11.6 Å². The molecule has 0 unspecified atom stereocenters. The third kappa shape index (κ3) is 6.21. The number of likely N-dealkylation sites (tertiary alicyclic amines) is 1. The van der Waals surface area contributed by atoms with Crippen molar-refractivity contribution in [2.24, 2.45) is 17.8 Å². The van der Waals surface area contributed by atoms with Gasteiger partial charge in [-0.25, -0.2) is 31.0 Å². The Labute approximate surface area is 262 Å². The lowest BCUT2D eigenvalue weighted by Crippen LogP contribution is -2.31. The van der Waals surface area contributed by atoms with Gasteiger partial charge in [0.25, 0.3) is 10.0 Å². The second-order valence-corrected chi connectivity index (χ2v) is 14.4. The predicted molar refractivity (Wildman–Crippen MR) is 167 cm³/mol. The molecule has 2 fully saturated rings. The molecule has 1 saturated heterocycles. The number of carbonyl (C=O) groups is 1. The van der Waals surface area contributed by atoms with Gasteiger partial charge < -0.3 is 4.90 Å². The number of fused-ring (bicyclic) bond motifs is 1. The number of hydrogen-bond donors (Lipinski definition) is 0. The van der Waals surface area contributed by atoms with Crippen molar-refractivity contribution in [3.05, 3.63) is 83.1 Å². The van der Waals surface area contributed by atoms with Crippen LogP contribution in [0.15, 0.2) is 53.7 Å². The molecule has 0 radical (unpaired) electrons. The molecule has 1 amide bonds. The van der Waals surface area contributed by atoms with E-state index in [0.29, 0.717) is 18.8 Å². The van der Waals surface area contributed by atoms with Crippen molar-refractivity contribution in [1.29, 1.82) is 0 Å². The van der Waals surface area contributed by atoms with E-state index in [2.05, 4.69) is 21.7 Å². The molecule has 2 aliphatic rings. The minimum Gasteiger partial charge on any atom is -0.342 e. The number of nitrogens with zero attached hydrogens (tertiary/aromatic N) is 5. The molecule has 1 saturated carbocycles. The maximum Gasteiger partial charge on any atom is 0.269 e. The van der Waals surface area contributed by atoms with Crippen LogP contribution in [-0.4, -0.2) is 46.3 Å². The van der Waals surface area contributed by atoms with Gasteiger partial charge in [0.05, 0.1) is 29.1 Å². The zero-order valence-corrected chi connectivity index (χ0v) is 26.2. The number of hydrogen-bond acceptors (Lipinski definition) is 5. The Kier molecular flexibility index (Phi) is 8.44. The molecule has 0 N–H and O–H groups in total. The first-order valence-corrected chi connectivity index (χ1v) is 16.8. The molecule has 3 atom stereocenters. The summed E-state index contributed by atoms with van der Waals surface area (Å²) < 4.78 is 58.3. The van der Waals surface area contributed by atoms with E-state index in [9.17, 15) is 17.6 Å². The Balaban J connectivity index is 1.33. The molecule has 234 valence electrons. The molecular weight excluding hydrogens is 596 g/mol. The molecular formula is C34H35F2N5O3S. The zero-order chi connectivity index (χ0) is 31.9. The Hall–Kier alpha value is -4.17. The van der Waals surface area contributed by atoms with E-state index < -0.39 is 21.7 Å². The molecule has 0 spiro atoms. The highest BCUT2D eigenvalue weighted by Crippen LogP contribution is 2.39. The molecule has 4 aromatic rings. The Morgan fingerprint density at radius 3 is 2.58 bits per heavy atom. The maximum absolute atomic E-state index is 15.4. The number of pyridine rings is 2. The van der Waals surface area contributed by atoms with E-state index in [0.717, 1.165) is 73.1 Å². The number of halogens is 2. The lowest BCUT2D eigenvalue weighted by atomic mass is 9.77. The molecule has 8 nitrogen and oxygen atoms in total. The number of aromatic nitrogens is 3. The first-order valence-electron chi connectivity index (χ1n) is 15.4. The lowest BCUT2D eigenvalue weighted by Gasteiger charge is -2.30. The Bertz CT molecular complexity index is 1920. The second-order valence-electron chi connectivity index (χ2n) is 12.6. The monoisotopic (exact) mass is 631 g/mol. The van der Waals surface area contributed by atoms with E-state index in [-0.39, 0.29) is 56.3 Å². The smallest absolute Gasteiger partial charge is 0.269 e. The van der Waals surface area contributed by atoms with Crippen molar-refractivity contribution in [2.75, 3.05) is 13.1 Å². The summed E-state index contributed by atoms with van der Waals surface area (Å²) in [4.78, 5) is 27.1. The SMILES string of the molecule is [C-]#[N+]c1cc(F)c(C[C@H]2CCC[C@@H](CC(=O)N3CC[C@@H](C)C3)C2)nc1-c1cn(S(=O)(=O)c2ccc(C)cc2)c2ncc(F)cc12. The van der Waals surface area contributed by atoms with Gasteiger partial charge in [-0.3, -0.25) is 9.78 Å². The van der Waals surface area contributed by atoms with Crippen LogP contribution in [0.2, 0.25) is 0 Å². The van der Waals surface area contributed by atoms with Crippen molar-refractivity contribution in [3.63, 3.8) is 0 Å². The minimum atomic E-state index is -4.15. The van der Waals surface area contributed by atoms with Crippen molar-refractivity contribution >= 4 is 32.7 Å². The van der Waals surface area contributed by atoms with E-state index in [1.54, 1.807) is 12.1 Å². The van der Waals surface area contributed by atoms with Gasteiger partial charge in [-0.05, 0) is 74.6 Å². The maximum atomic E-state index is 15.4. The molecule has 1 aliphatic carbocycles. The average molecular weight is 632 g/mol. The Morgan fingerprint density at radius 1 is 1.11 bits per heavy atom. The van der Waals surface area contributed by atoms with Crippen LogP contribution in [0.5, 0.6) is 0 Å². The third-order valence-electron chi connectivity index (χ3n) is 9.17. The molecule has 0 bridgehead atoms. The van der Waals surface area contributed by atoms with E-state index in [1.807, 2.05) is 11.8 Å². The van der Waals surface area contributed by atoms with Gasteiger partial charge >= 0.3 is 0 Å². The molecule has 6 rings (SSSR count). The minimum absolute atomic E-state index is 0.0189. The number of aryl methyl sites for hydroxylation is 1. The summed E-state index contributed by atoms with van der Waals surface area (Å²) in [6.45, 7) is 13.4. The number of amides is 1. The topological polar surface area (TPSA) is 89.5 Å². The van der Waals surface area contributed by atoms with Crippen molar-refractivity contribution in [2.45, 2.75) is 63.7 Å². The summed E-state index contributed by atoms with van der Waals surface area (Å²) >= 11 is 0. The summed E-state index contributed by atoms with van der Waals surface area (Å²) in [6.07, 6.45) is 7.60. The van der Waals surface area contributed by atoms with Crippen molar-refractivity contribution in [3.8, 4) is 11.3 Å². The zero-order valence-electron chi connectivity index (χ0n) is 25.3. The summed E-state index contributed by atoms with van der Waals surface area (Å²) in [7, 11) is -4.15. The summed E-state index contributed by atoms with van der Waals surface area (Å²) in [5.41, 5.74) is 1.15. The molecule has 45 heavy (non-hydrogen) atoms. The van der Waals surface area contributed by atoms with Gasteiger partial charge in [-0.1, -0.05) is 37.5 Å². The van der Waals surface area contributed by atoms with Crippen LogP contribution in [0.1, 0.15) is 56.7 Å². The van der Waals surface area contributed by atoms with Gasteiger partial charge in [0, 0.05) is 36.7 Å². The summed E-state index contributed by atoms with van der Waals surface area (Å²) in [5, 5.41) is 0.146. The van der Waals surface area contributed by atoms with Crippen molar-refractivity contribution in [1.82, 2.24) is 18.8 Å². The first kappa shape index (κ1) is 30.8. The number of carbonyl (C=O) groups excluding carboxylic acids is 1. The fourth-order valence-corrected chi connectivity index (χ4v) is 8.10. The van der Waals surface area contributed by atoms with Crippen molar-refractivity contribution < 1.29 is 22.0 Å². The third-order valence-corrected chi connectivity index (χ3v) is 10.8. The van der Waals surface area contributed by atoms with Gasteiger partial charge in [0.15, 0.2) is 5.65 Å². The Morgan fingerprint density at radius 2 is 1.87 bits per heavy atom. The second kappa shape index (κ2) is 12.3. The molecule has 1 aromatic carbocycles. The van der Waals surface area contributed by atoms with Crippen LogP contribution in [-0.2, 0) is 21.2 Å². The van der Waals surface area contributed by atoms with Crippen LogP contribution < -0.4 is 0 Å². The van der Waals surface area contributed by atoms with Gasteiger partial charge in [-0.2, -0.15) is 0 Å². The average Bonchev–Trinajstić information content (AvgIpc) is 3.62. The summed E-state index contributed by atoms with van der Waals surface area (Å²) in [5.74, 6) is -0.266. The molecule has 1 aliphatic heterocycles. The van der Waals surface area contributed by atoms with Crippen LogP contribution >= 0.6 is 0 Å². The highest BCUT2D eigenvalue weighted by atomic mass is 32.2. The number of rotatable bonds is 7. The first-order chi connectivity index (χ1) is 21.5. The van der Waals surface area contributed by atoms with E-state index in [1.165, 1.54) is 18.3 Å². The molecule has 3 aromatic heterocycles. The fourth-order valence-electron chi connectivity index (χ4n) is 6.78. The highest BCUT2D eigenvalue weighted by Gasteiger charge is 2.30. The largest absolute Gasteiger partial charge is 0.342 e. The van der Waals surface area contributed by atoms with Crippen LogP contribution in [0.3, 0.4) is 0 Å². The van der Waals surface area contributed by atoms with E-state index in [4.69, 9.17) is 6.57 Å². The summed E-state index contributed by atoms with van der Waals surface area (Å²) in [6, 6.07) is 8.59. The molecule has 11 heteroatoms. The molecule has 4 heterocycles. The fraction of sp³-hybridized carbons (Fsp3) is 0.412. The van der Waals surface area contributed by atoms with Crippen LogP contribution in [0.25, 0.3) is 27.1 Å². The van der Waals surface area contributed by atoms with Gasteiger partial charge in [-0.15, -0.1) is 0 Å². The standard InChI is InChI=1S/C34H35F2N5O3S/c1-21-7-9-26(10-8-21)45(43,44)41-20-28(27-16-25(35)18-38-34(27)41)33-31(37-3)17-29(36)30(39-33)14-23-5-4-6-24(13-23)15-32(42)40-12-11-22(2)19-40/h7-10,16-18,20,22-24H,4-6,11-15,19H2,1-2H3/t22-,23+,24-/m1/s1. The van der Waals surface area contributed by atoms with E-state index >= 15 is 4.39 Å². The van der Waals surface area contributed by atoms with Crippen LogP contribution in [0, 0.1) is 42.9 Å². The van der Waals surface area contributed by atoms with Crippen LogP contribution in [0.4, 0.5) is 14.5 Å². The highest BCUT2D eigenvalue weighted by molar-refractivity contribution is 7.90. The predicted octanol–water partition coefficient (Wildman–Crippen LogP) is 7.08. The lowest BCUT2D eigenvalue weighted by molar-refractivity contribution is -0.131. The number of benzene rings is 1. The van der Waals surface area contributed by atoms with Gasteiger partial charge in [0.2, 0.25) is 11.6 Å². The normalized spacial score (nSPS) is 20.4.